The van der Waals surface area contributed by atoms with Gasteiger partial charge in [0.1, 0.15) is 0 Å². The minimum Gasteiger partial charge on any atom is -0.465 e. The van der Waals surface area contributed by atoms with Crippen molar-refractivity contribution in [1.29, 1.82) is 0 Å². The van der Waals surface area contributed by atoms with Crippen LogP contribution in [0.15, 0.2) is 0 Å². The second-order valence-corrected chi connectivity index (χ2v) is 3.75. The Morgan fingerprint density at radius 1 is 1.42 bits per heavy atom. The van der Waals surface area contributed by atoms with E-state index in [-0.39, 0.29) is 12.2 Å². The zero-order chi connectivity index (χ0) is 8.72. The molecule has 0 aromatic rings. The van der Waals surface area contributed by atoms with Crippen LogP contribution in [0.5, 0.6) is 0 Å². The van der Waals surface area contributed by atoms with E-state index in [9.17, 15) is 4.79 Å². The number of hydrogen-bond acceptors (Lipinski definition) is 2. The van der Waals surface area contributed by atoms with Crippen LogP contribution in [-0.2, 0) is 0 Å². The Balaban J connectivity index is 1.98. The van der Waals surface area contributed by atoms with Crippen LogP contribution < -0.4 is 5.73 Å². The van der Waals surface area contributed by atoms with Gasteiger partial charge in [-0.05, 0) is 31.6 Å². The lowest BCUT2D eigenvalue weighted by Crippen LogP contribution is -2.47. The van der Waals surface area contributed by atoms with E-state index in [1.807, 2.05) is 0 Å². The first kappa shape index (κ1) is 7.86. The van der Waals surface area contributed by atoms with E-state index in [0.29, 0.717) is 5.92 Å². The van der Waals surface area contributed by atoms with Crippen molar-refractivity contribution in [3.8, 4) is 0 Å². The van der Waals surface area contributed by atoms with Gasteiger partial charge >= 0.3 is 6.09 Å². The van der Waals surface area contributed by atoms with Gasteiger partial charge < -0.3 is 10.8 Å². The zero-order valence-corrected chi connectivity index (χ0v) is 6.94. The lowest BCUT2D eigenvalue weighted by atomic mass is 10.3. The van der Waals surface area contributed by atoms with E-state index in [1.54, 1.807) is 0 Å². The number of nitrogens with two attached hydrogens (primary N) is 1. The summed E-state index contributed by atoms with van der Waals surface area (Å²) in [4.78, 5) is 12.2. The molecule has 0 aromatic carbocycles. The van der Waals surface area contributed by atoms with Crippen molar-refractivity contribution >= 4 is 6.09 Å². The molecule has 0 saturated heterocycles. The fourth-order valence-electron chi connectivity index (χ4n) is 1.54. The summed E-state index contributed by atoms with van der Waals surface area (Å²) >= 11 is 0. The Morgan fingerprint density at radius 2 is 2.00 bits per heavy atom. The van der Waals surface area contributed by atoms with Crippen molar-refractivity contribution in [1.82, 2.24) is 4.90 Å². The van der Waals surface area contributed by atoms with Gasteiger partial charge in [-0.15, -0.1) is 0 Å². The molecule has 0 bridgehead atoms. The van der Waals surface area contributed by atoms with Crippen molar-refractivity contribution < 1.29 is 9.90 Å². The summed E-state index contributed by atoms with van der Waals surface area (Å²) in [6, 6.07) is 0.220. The van der Waals surface area contributed by atoms with E-state index >= 15 is 0 Å². The van der Waals surface area contributed by atoms with E-state index in [0.717, 1.165) is 25.7 Å². The number of hydrogen-bond donors (Lipinski definition) is 2. The Labute approximate surface area is 71.3 Å². The second-order valence-electron chi connectivity index (χ2n) is 3.75. The molecular formula is C8H14N2O2. The van der Waals surface area contributed by atoms with Gasteiger partial charge in [0.05, 0.1) is 6.17 Å². The highest BCUT2D eigenvalue weighted by molar-refractivity contribution is 5.66. The molecule has 68 valence electrons. The van der Waals surface area contributed by atoms with Gasteiger partial charge in [0.15, 0.2) is 0 Å². The SMILES string of the molecule is NC(C1CC1)N(C(=O)O)C1CC1. The van der Waals surface area contributed by atoms with Crippen molar-refractivity contribution in [2.45, 2.75) is 37.9 Å². The van der Waals surface area contributed by atoms with Crippen LogP contribution in [0.2, 0.25) is 0 Å². The largest absolute Gasteiger partial charge is 0.465 e. The third-order valence-electron chi connectivity index (χ3n) is 2.59. The highest BCUT2D eigenvalue weighted by Gasteiger charge is 2.42. The van der Waals surface area contributed by atoms with E-state index in [2.05, 4.69) is 0 Å². The Morgan fingerprint density at radius 3 is 2.33 bits per heavy atom. The predicted octanol–water partition coefficient (Wildman–Crippen LogP) is 0.824. The molecule has 1 atom stereocenters. The molecule has 4 nitrogen and oxygen atoms in total. The van der Waals surface area contributed by atoms with Crippen molar-refractivity contribution in [3.63, 3.8) is 0 Å². The van der Waals surface area contributed by atoms with E-state index in [1.165, 1.54) is 4.90 Å². The molecule has 2 rings (SSSR count). The topological polar surface area (TPSA) is 66.6 Å². The first-order chi connectivity index (χ1) is 5.70. The van der Waals surface area contributed by atoms with Crippen LogP contribution >= 0.6 is 0 Å². The van der Waals surface area contributed by atoms with E-state index in [4.69, 9.17) is 10.8 Å². The molecule has 12 heavy (non-hydrogen) atoms. The van der Waals surface area contributed by atoms with Crippen LogP contribution in [-0.4, -0.2) is 28.3 Å². The summed E-state index contributed by atoms with van der Waals surface area (Å²) in [5.74, 6) is 0.432. The fraction of sp³-hybridized carbons (Fsp3) is 0.875. The normalized spacial score (nSPS) is 25.1. The number of carbonyl (C=O) groups is 1. The molecule has 1 unspecified atom stereocenters. The predicted molar refractivity (Wildman–Crippen MR) is 43.6 cm³/mol. The maximum Gasteiger partial charge on any atom is 0.408 e. The molecular weight excluding hydrogens is 156 g/mol. The van der Waals surface area contributed by atoms with Gasteiger partial charge in [0.2, 0.25) is 0 Å². The van der Waals surface area contributed by atoms with Gasteiger partial charge in [-0.2, -0.15) is 0 Å². The van der Waals surface area contributed by atoms with Gasteiger partial charge in [-0.3, -0.25) is 4.90 Å². The third kappa shape index (κ3) is 1.39. The first-order valence-electron chi connectivity index (χ1n) is 4.47. The monoisotopic (exact) mass is 170 g/mol. The molecule has 2 fully saturated rings. The highest BCUT2D eigenvalue weighted by Crippen LogP contribution is 2.37. The zero-order valence-electron chi connectivity index (χ0n) is 6.94. The van der Waals surface area contributed by atoms with Gasteiger partial charge in [0.25, 0.3) is 0 Å². The van der Waals surface area contributed by atoms with Crippen LogP contribution in [0.25, 0.3) is 0 Å². The summed E-state index contributed by atoms with van der Waals surface area (Å²) in [5.41, 5.74) is 5.81. The van der Waals surface area contributed by atoms with Crippen LogP contribution in [0.3, 0.4) is 0 Å². The van der Waals surface area contributed by atoms with Crippen LogP contribution in [0, 0.1) is 5.92 Å². The maximum absolute atomic E-state index is 10.8. The average molecular weight is 170 g/mol. The molecule has 0 aromatic heterocycles. The van der Waals surface area contributed by atoms with Gasteiger partial charge in [-0.25, -0.2) is 4.79 Å². The molecule has 2 aliphatic rings. The number of amides is 1. The molecule has 0 spiro atoms. The minimum absolute atomic E-state index is 0.220. The second kappa shape index (κ2) is 2.62. The van der Waals surface area contributed by atoms with Crippen molar-refractivity contribution in [2.75, 3.05) is 0 Å². The van der Waals surface area contributed by atoms with Crippen molar-refractivity contribution in [3.05, 3.63) is 0 Å². The first-order valence-corrected chi connectivity index (χ1v) is 4.47. The number of carboxylic acid groups (broad SMARTS) is 1. The average Bonchev–Trinajstić information content (AvgIpc) is 2.84. The Kier molecular flexibility index (Phi) is 1.72. The maximum atomic E-state index is 10.8. The lowest BCUT2D eigenvalue weighted by molar-refractivity contribution is 0.115. The molecule has 2 aliphatic carbocycles. The molecule has 0 aliphatic heterocycles. The smallest absolute Gasteiger partial charge is 0.408 e. The van der Waals surface area contributed by atoms with Crippen molar-refractivity contribution in [2.24, 2.45) is 11.7 Å². The van der Waals surface area contributed by atoms with Gasteiger partial charge in [-0.1, -0.05) is 0 Å². The molecule has 4 heteroatoms. The molecule has 1 amide bonds. The summed E-state index contributed by atoms with van der Waals surface area (Å²) < 4.78 is 0. The quantitative estimate of drug-likeness (QED) is 0.616. The van der Waals surface area contributed by atoms with Crippen LogP contribution in [0.4, 0.5) is 4.79 Å². The standard InChI is InChI=1S/C8H14N2O2/c9-7(5-1-2-5)10(8(11)12)6-3-4-6/h5-7H,1-4,9H2,(H,11,12). The van der Waals surface area contributed by atoms with Crippen LogP contribution in [0.1, 0.15) is 25.7 Å². The third-order valence-corrected chi connectivity index (χ3v) is 2.59. The fourth-order valence-corrected chi connectivity index (χ4v) is 1.54. The van der Waals surface area contributed by atoms with Gasteiger partial charge in [0, 0.05) is 6.04 Å². The molecule has 2 saturated carbocycles. The molecule has 3 N–H and O–H groups in total. The Bertz CT molecular complexity index is 199. The summed E-state index contributed by atoms with van der Waals surface area (Å²) in [7, 11) is 0. The number of rotatable bonds is 3. The summed E-state index contributed by atoms with van der Waals surface area (Å²) in [6.07, 6.45) is 3.08. The molecule has 0 radical (unpaired) electrons. The van der Waals surface area contributed by atoms with E-state index < -0.39 is 6.09 Å². The lowest BCUT2D eigenvalue weighted by Gasteiger charge is -2.25. The highest BCUT2D eigenvalue weighted by atomic mass is 16.4. The molecule has 0 heterocycles. The number of nitrogens with zero attached hydrogens (tertiary/aromatic N) is 1. The summed E-state index contributed by atoms with van der Waals surface area (Å²) in [6.45, 7) is 0. The Hall–Kier alpha value is -0.770. The summed E-state index contributed by atoms with van der Waals surface area (Å²) in [5, 5.41) is 8.88. The minimum atomic E-state index is -0.850.